The molecule has 1 aromatic carbocycles. The fraction of sp³-hybridized carbons (Fsp3) is 0.414. The average molecular weight is 555 g/mol. The van der Waals surface area contributed by atoms with Gasteiger partial charge in [-0.25, -0.2) is 13.8 Å². The van der Waals surface area contributed by atoms with E-state index in [9.17, 15) is 14.0 Å². The van der Waals surface area contributed by atoms with Crippen LogP contribution in [0.25, 0.3) is 22.2 Å². The number of imidazole rings is 1. The Morgan fingerprint density at radius 2 is 1.90 bits per heavy atom. The summed E-state index contributed by atoms with van der Waals surface area (Å²) >= 11 is 0. The van der Waals surface area contributed by atoms with Crippen molar-refractivity contribution in [2.45, 2.75) is 52.0 Å². The molecule has 2 heterocycles. The molecule has 1 aliphatic carbocycles. The number of aliphatic hydroxyl groups excluding tert-OH is 1. The molecule has 0 bridgehead atoms. The Morgan fingerprint density at radius 3 is 2.45 bits per heavy atom. The molecule has 1 amide bonds. The monoisotopic (exact) mass is 554 g/mol. The van der Waals surface area contributed by atoms with E-state index in [4.69, 9.17) is 16.2 Å². The molecule has 1 fully saturated rings. The Kier molecular flexibility index (Phi) is 10.2. The molecule has 11 heteroatoms. The van der Waals surface area contributed by atoms with E-state index < -0.39 is 17.5 Å². The summed E-state index contributed by atoms with van der Waals surface area (Å²) in [4.78, 5) is 35.2. The van der Waals surface area contributed by atoms with Gasteiger partial charge in [0.15, 0.2) is 17.9 Å². The molecule has 0 saturated heterocycles. The van der Waals surface area contributed by atoms with Crippen molar-refractivity contribution in [2.24, 2.45) is 17.6 Å². The number of halogens is 2. The van der Waals surface area contributed by atoms with Crippen LogP contribution in [-0.2, 0) is 4.79 Å². The normalized spacial score (nSPS) is 18.0. The lowest BCUT2D eigenvalue weighted by molar-refractivity contribution is -0.104. The van der Waals surface area contributed by atoms with E-state index in [0.717, 1.165) is 31.9 Å². The van der Waals surface area contributed by atoms with Crippen LogP contribution in [0.1, 0.15) is 68.2 Å². The van der Waals surface area contributed by atoms with Crippen molar-refractivity contribution in [3.63, 3.8) is 0 Å². The van der Waals surface area contributed by atoms with Gasteiger partial charge >= 0.3 is 0 Å². The molecule has 9 nitrogen and oxygen atoms in total. The summed E-state index contributed by atoms with van der Waals surface area (Å²) in [5, 5.41) is 15.3. The van der Waals surface area contributed by atoms with Crippen LogP contribution in [0, 0.1) is 28.9 Å². The number of pyridine rings is 1. The van der Waals surface area contributed by atoms with Crippen molar-refractivity contribution in [3.8, 4) is 11.1 Å². The minimum absolute atomic E-state index is 0.0532. The quantitative estimate of drug-likeness (QED) is 0.131. The van der Waals surface area contributed by atoms with Gasteiger partial charge in [0, 0.05) is 37.1 Å². The van der Waals surface area contributed by atoms with Gasteiger partial charge in [0.2, 0.25) is 0 Å². The van der Waals surface area contributed by atoms with E-state index in [1.54, 1.807) is 13.0 Å². The highest BCUT2D eigenvalue weighted by Gasteiger charge is 2.28. The maximum absolute atomic E-state index is 15.5. The lowest BCUT2D eigenvalue weighted by Crippen LogP contribution is -2.26. The number of benzene rings is 1. The highest BCUT2D eigenvalue weighted by molar-refractivity contribution is 6.12. The summed E-state index contributed by atoms with van der Waals surface area (Å²) in [7, 11) is 3.03. The molecule has 0 aliphatic heterocycles. The predicted octanol–water partition coefficient (Wildman–Crippen LogP) is 5.49. The van der Waals surface area contributed by atoms with Gasteiger partial charge in [0.25, 0.3) is 5.91 Å². The molecule has 2 aromatic heterocycles. The van der Waals surface area contributed by atoms with E-state index in [1.807, 2.05) is 0 Å². The molecule has 4 rings (SSSR count). The first kappa shape index (κ1) is 30.6. The summed E-state index contributed by atoms with van der Waals surface area (Å²) in [6, 6.07) is 2.88. The smallest absolute Gasteiger partial charge is 0.257 e. The number of aliphatic hydroxyl groups is 1. The van der Waals surface area contributed by atoms with Gasteiger partial charge in [0.05, 0.1) is 35.2 Å². The molecule has 0 spiro atoms. The van der Waals surface area contributed by atoms with Crippen LogP contribution in [0.5, 0.6) is 0 Å². The molecule has 5 N–H and O–H groups in total. The molecule has 1 saturated carbocycles. The van der Waals surface area contributed by atoms with Crippen LogP contribution >= 0.6 is 0 Å². The number of fused-ring (bicyclic) bond motifs is 1. The Hall–Kier alpha value is -3.99. The second kappa shape index (κ2) is 13.4. The Morgan fingerprint density at radius 1 is 1.23 bits per heavy atom. The number of allylic oxidation sites excluding steroid dienone is 1. The number of carbonyl (C=O) groups is 2. The fourth-order valence-electron chi connectivity index (χ4n) is 4.76. The van der Waals surface area contributed by atoms with Gasteiger partial charge in [0.1, 0.15) is 11.3 Å². The van der Waals surface area contributed by atoms with E-state index in [-0.39, 0.29) is 39.5 Å². The SMILES string of the molecule is CC1CCC(C(N)c2nc3c(F)c(-c4cncc(F)c4C(=O)N(C)C)ccc3[nH]2)CC1.CCC(=N)/C(C=O)=C\O. The number of nitrogens with zero attached hydrogens (tertiary/aromatic N) is 3. The number of hydrogen-bond acceptors (Lipinski definition) is 7. The number of aldehydes is 1. The number of hydrogen-bond donors (Lipinski definition) is 4. The molecular formula is C29H36F2N6O3. The van der Waals surface area contributed by atoms with Gasteiger partial charge in [-0.2, -0.15) is 0 Å². The summed E-state index contributed by atoms with van der Waals surface area (Å²) in [5.41, 5.74) is 7.26. The third-order valence-electron chi connectivity index (χ3n) is 7.27. The van der Waals surface area contributed by atoms with Crippen LogP contribution in [0.15, 0.2) is 36.4 Å². The largest absolute Gasteiger partial charge is 0.515 e. The van der Waals surface area contributed by atoms with Crippen LogP contribution in [-0.4, -0.2) is 57.0 Å². The molecule has 0 radical (unpaired) electrons. The molecule has 40 heavy (non-hydrogen) atoms. The highest BCUT2D eigenvalue weighted by Crippen LogP contribution is 2.36. The predicted molar refractivity (Wildman–Crippen MR) is 150 cm³/mol. The van der Waals surface area contributed by atoms with E-state index in [2.05, 4.69) is 21.9 Å². The number of aromatic nitrogens is 3. The Labute approximate surface area is 232 Å². The zero-order valence-corrected chi connectivity index (χ0v) is 23.2. The summed E-state index contributed by atoms with van der Waals surface area (Å²) in [6.45, 7) is 3.99. The lowest BCUT2D eigenvalue weighted by Gasteiger charge is -2.29. The van der Waals surface area contributed by atoms with Crippen LogP contribution in [0.2, 0.25) is 0 Å². The van der Waals surface area contributed by atoms with Crippen LogP contribution in [0.3, 0.4) is 0 Å². The number of aromatic amines is 1. The van der Waals surface area contributed by atoms with E-state index >= 15 is 4.39 Å². The molecule has 1 aliphatic rings. The van der Waals surface area contributed by atoms with Crippen molar-refractivity contribution >= 4 is 28.9 Å². The van der Waals surface area contributed by atoms with Crippen molar-refractivity contribution in [1.29, 1.82) is 5.41 Å². The maximum atomic E-state index is 15.5. The van der Waals surface area contributed by atoms with E-state index in [1.165, 1.54) is 31.3 Å². The van der Waals surface area contributed by atoms with Crippen molar-refractivity contribution in [1.82, 2.24) is 19.9 Å². The Bertz CT molecular complexity index is 1410. The summed E-state index contributed by atoms with van der Waals surface area (Å²) in [5.74, 6) is -0.441. The number of rotatable bonds is 7. The maximum Gasteiger partial charge on any atom is 0.257 e. The highest BCUT2D eigenvalue weighted by atomic mass is 19.1. The number of nitrogens with one attached hydrogen (secondary N) is 2. The zero-order chi connectivity index (χ0) is 29.6. The number of H-pyrrole nitrogens is 1. The second-order valence-electron chi connectivity index (χ2n) is 10.3. The zero-order valence-electron chi connectivity index (χ0n) is 23.2. The van der Waals surface area contributed by atoms with Gasteiger partial charge < -0.3 is 26.1 Å². The standard InChI is InChI=1S/C23H27F2N5O.C6H9NO2/c1-12-4-6-13(7-5-12)20(26)22-28-17-9-8-14(19(25)21(17)29-22)15-10-27-11-16(24)18(15)23(31)30(2)3;1-2-6(7)5(3-8)4-9/h8-13,20H,4-7,26H2,1-3H3,(H,28,29);3-4,7-8H,2H2,1H3/b;5-3-,7-6?. The number of nitrogens with two attached hydrogens (primary N) is 1. The molecule has 214 valence electrons. The summed E-state index contributed by atoms with van der Waals surface area (Å²) < 4.78 is 30.0. The van der Waals surface area contributed by atoms with Crippen LogP contribution in [0.4, 0.5) is 8.78 Å². The molecular weight excluding hydrogens is 518 g/mol. The topological polar surface area (TPSA) is 149 Å². The second-order valence-corrected chi connectivity index (χ2v) is 10.3. The first-order valence-corrected chi connectivity index (χ1v) is 13.2. The van der Waals surface area contributed by atoms with Crippen molar-refractivity contribution in [2.75, 3.05) is 14.1 Å². The van der Waals surface area contributed by atoms with Gasteiger partial charge in [-0.1, -0.05) is 26.7 Å². The number of carbonyl (C=O) groups excluding carboxylic acids is 2. The van der Waals surface area contributed by atoms with Gasteiger partial charge in [-0.15, -0.1) is 0 Å². The first-order valence-electron chi connectivity index (χ1n) is 13.2. The van der Waals surface area contributed by atoms with Crippen LogP contribution < -0.4 is 5.73 Å². The van der Waals surface area contributed by atoms with E-state index in [0.29, 0.717) is 42.1 Å². The minimum atomic E-state index is -0.799. The third-order valence-corrected chi connectivity index (χ3v) is 7.27. The fourth-order valence-corrected chi connectivity index (χ4v) is 4.76. The van der Waals surface area contributed by atoms with Crippen molar-refractivity contribution < 1.29 is 23.5 Å². The minimum Gasteiger partial charge on any atom is -0.515 e. The average Bonchev–Trinajstić information content (AvgIpc) is 3.39. The lowest BCUT2D eigenvalue weighted by atomic mass is 9.79. The molecule has 3 aromatic rings. The number of amides is 1. The van der Waals surface area contributed by atoms with Gasteiger partial charge in [-0.3, -0.25) is 14.6 Å². The molecule has 1 atom stereocenters. The summed E-state index contributed by atoms with van der Waals surface area (Å²) in [6.07, 6.45) is 8.14. The third kappa shape index (κ3) is 6.59. The molecule has 1 unspecified atom stereocenters. The first-order chi connectivity index (χ1) is 19.0. The van der Waals surface area contributed by atoms with Gasteiger partial charge in [-0.05, 0) is 43.2 Å². The van der Waals surface area contributed by atoms with Crippen molar-refractivity contribution in [3.05, 3.63) is 59.4 Å². The Balaban J connectivity index is 0.000000424.